The van der Waals surface area contributed by atoms with Gasteiger partial charge in [-0.2, -0.15) is 0 Å². The lowest BCUT2D eigenvalue weighted by molar-refractivity contribution is -0.117. The summed E-state index contributed by atoms with van der Waals surface area (Å²) >= 11 is 1.58. The van der Waals surface area contributed by atoms with Gasteiger partial charge in [-0.1, -0.05) is 0 Å². The molecule has 25 heavy (non-hydrogen) atoms. The zero-order chi connectivity index (χ0) is 18.0. The Balaban J connectivity index is 1.64. The van der Waals surface area contributed by atoms with E-state index in [0.29, 0.717) is 11.1 Å². The highest BCUT2D eigenvalue weighted by molar-refractivity contribution is 7.98. The third-order valence-corrected chi connectivity index (χ3v) is 4.88. The number of benzene rings is 2. The average molecular weight is 355 g/mol. The molecule has 0 unspecified atom stereocenters. The van der Waals surface area contributed by atoms with Gasteiger partial charge in [-0.05, 0) is 54.3 Å². The molecule has 1 aliphatic rings. The predicted octanol–water partition coefficient (Wildman–Crippen LogP) is 2.97. The summed E-state index contributed by atoms with van der Waals surface area (Å²) in [6, 6.07) is 12.1. The maximum Gasteiger partial charge on any atom is 0.338 e. The normalized spacial score (nSPS) is 12.9. The number of hydrogen-bond donors (Lipinski definition) is 0. The van der Waals surface area contributed by atoms with E-state index in [2.05, 4.69) is 0 Å². The van der Waals surface area contributed by atoms with E-state index in [1.807, 2.05) is 18.4 Å². The van der Waals surface area contributed by atoms with Crippen LogP contribution in [0.5, 0.6) is 0 Å². The maximum atomic E-state index is 12.3. The first-order valence-corrected chi connectivity index (χ1v) is 8.96. The van der Waals surface area contributed by atoms with E-state index in [-0.39, 0.29) is 24.7 Å². The van der Waals surface area contributed by atoms with Crippen LogP contribution < -0.4 is 4.90 Å². The molecule has 1 aliphatic heterocycles. The summed E-state index contributed by atoms with van der Waals surface area (Å²) < 4.78 is 5.11. The van der Waals surface area contributed by atoms with Crippen LogP contribution in [-0.2, 0) is 16.0 Å². The summed E-state index contributed by atoms with van der Waals surface area (Å²) in [7, 11) is 1.71. The minimum Gasteiger partial charge on any atom is -0.454 e. The Morgan fingerprint density at radius 2 is 1.80 bits per heavy atom. The maximum absolute atomic E-state index is 12.3. The van der Waals surface area contributed by atoms with E-state index in [0.717, 1.165) is 16.1 Å². The van der Waals surface area contributed by atoms with Crippen molar-refractivity contribution < 1.29 is 19.1 Å². The number of amides is 1. The Bertz CT molecular complexity index is 845. The smallest absolute Gasteiger partial charge is 0.338 e. The molecule has 128 valence electrons. The fraction of sp³-hybridized carbons (Fsp3) is 0.211. The lowest BCUT2D eigenvalue weighted by Gasteiger charge is -2.10. The molecule has 6 heteroatoms. The Morgan fingerprint density at radius 3 is 2.48 bits per heavy atom. The van der Waals surface area contributed by atoms with Crippen LogP contribution in [-0.4, -0.2) is 37.6 Å². The molecule has 0 aliphatic carbocycles. The van der Waals surface area contributed by atoms with Crippen LogP contribution >= 0.6 is 11.8 Å². The minimum absolute atomic E-state index is 0.000263. The zero-order valence-electron chi connectivity index (χ0n) is 13.9. The van der Waals surface area contributed by atoms with E-state index in [1.165, 1.54) is 0 Å². The van der Waals surface area contributed by atoms with Gasteiger partial charge in [0.05, 0.1) is 12.0 Å². The highest BCUT2D eigenvalue weighted by Crippen LogP contribution is 2.28. The van der Waals surface area contributed by atoms with E-state index in [9.17, 15) is 14.4 Å². The van der Waals surface area contributed by atoms with Gasteiger partial charge in [0.25, 0.3) is 0 Å². The first kappa shape index (κ1) is 17.2. The molecule has 3 rings (SSSR count). The van der Waals surface area contributed by atoms with Gasteiger partial charge < -0.3 is 9.64 Å². The van der Waals surface area contributed by atoms with Gasteiger partial charge in [-0.15, -0.1) is 11.8 Å². The van der Waals surface area contributed by atoms with Gasteiger partial charge in [0.2, 0.25) is 5.91 Å². The lowest BCUT2D eigenvalue weighted by Crippen LogP contribution is -2.20. The number of ether oxygens (including phenoxy) is 1. The second-order valence-corrected chi connectivity index (χ2v) is 6.58. The summed E-state index contributed by atoms with van der Waals surface area (Å²) in [5.41, 5.74) is 2.48. The number of hydrogen-bond acceptors (Lipinski definition) is 5. The molecule has 0 atom stereocenters. The summed E-state index contributed by atoms with van der Waals surface area (Å²) in [5, 5.41) is 0. The number of thioether (sulfide) groups is 1. The van der Waals surface area contributed by atoms with Crippen LogP contribution in [0, 0.1) is 0 Å². The summed E-state index contributed by atoms with van der Waals surface area (Å²) in [6.07, 6.45) is 2.24. The van der Waals surface area contributed by atoms with Crippen molar-refractivity contribution in [2.75, 3.05) is 24.8 Å². The van der Waals surface area contributed by atoms with Crippen LogP contribution in [0.3, 0.4) is 0 Å². The number of anilines is 1. The molecule has 0 spiro atoms. The number of ketones is 1. The largest absolute Gasteiger partial charge is 0.454 e. The minimum atomic E-state index is -0.530. The molecule has 0 N–H and O–H groups in total. The van der Waals surface area contributed by atoms with Crippen molar-refractivity contribution in [1.82, 2.24) is 0 Å². The standard InChI is InChI=1S/C19H17NO4S/c1-20-16-8-5-13(9-14(16)10-18(20)22)17(21)11-24-19(23)12-3-6-15(25-2)7-4-12/h3-9H,10-11H2,1-2H3. The molecular weight excluding hydrogens is 338 g/mol. The van der Waals surface area contributed by atoms with Crippen LogP contribution in [0.25, 0.3) is 0 Å². The molecule has 2 aromatic carbocycles. The SMILES string of the molecule is CSc1ccc(C(=O)OCC(=O)c2ccc3c(c2)CC(=O)N3C)cc1. The van der Waals surface area contributed by atoms with Crippen molar-refractivity contribution in [3.63, 3.8) is 0 Å². The van der Waals surface area contributed by atoms with Gasteiger partial charge >= 0.3 is 5.97 Å². The number of carbonyl (C=O) groups is 3. The highest BCUT2D eigenvalue weighted by atomic mass is 32.2. The molecule has 0 saturated carbocycles. The predicted molar refractivity (Wildman–Crippen MR) is 96.4 cm³/mol. The summed E-state index contributed by atoms with van der Waals surface area (Å²) in [5.74, 6) is -0.823. The summed E-state index contributed by atoms with van der Waals surface area (Å²) in [6.45, 7) is -0.328. The quantitative estimate of drug-likeness (QED) is 0.469. The number of carbonyl (C=O) groups excluding carboxylic acids is 3. The second-order valence-electron chi connectivity index (χ2n) is 5.70. The molecule has 0 saturated heterocycles. The van der Waals surface area contributed by atoms with E-state index < -0.39 is 5.97 Å². The Hall–Kier alpha value is -2.60. The first-order chi connectivity index (χ1) is 12.0. The van der Waals surface area contributed by atoms with Crippen molar-refractivity contribution in [1.29, 1.82) is 0 Å². The van der Waals surface area contributed by atoms with Crippen molar-refractivity contribution >= 4 is 35.1 Å². The second kappa shape index (κ2) is 7.11. The van der Waals surface area contributed by atoms with Gasteiger partial charge in [-0.25, -0.2) is 4.79 Å². The number of likely N-dealkylation sites (N-methyl/N-ethyl adjacent to an activating group) is 1. The number of esters is 1. The number of nitrogens with zero attached hydrogens (tertiary/aromatic N) is 1. The van der Waals surface area contributed by atoms with Gasteiger partial charge in [-0.3, -0.25) is 9.59 Å². The molecule has 0 fully saturated rings. The molecule has 1 amide bonds. The number of rotatable bonds is 5. The molecule has 2 aromatic rings. The van der Waals surface area contributed by atoms with Crippen LogP contribution in [0.4, 0.5) is 5.69 Å². The summed E-state index contributed by atoms with van der Waals surface area (Å²) in [4.78, 5) is 38.6. The molecule has 0 bridgehead atoms. The van der Waals surface area contributed by atoms with Crippen LogP contribution in [0.15, 0.2) is 47.4 Å². The van der Waals surface area contributed by atoms with Gasteiger partial charge in [0.1, 0.15) is 0 Å². The van der Waals surface area contributed by atoms with Crippen molar-refractivity contribution in [2.45, 2.75) is 11.3 Å². The van der Waals surface area contributed by atoms with Crippen molar-refractivity contribution in [3.8, 4) is 0 Å². The van der Waals surface area contributed by atoms with Crippen LogP contribution in [0.1, 0.15) is 26.3 Å². The Kier molecular flexibility index (Phi) is 4.90. The molecule has 0 aromatic heterocycles. The number of Topliss-reactive ketones (excluding diaryl/α,β-unsaturated/α-hetero) is 1. The molecular formula is C19H17NO4S. The first-order valence-electron chi connectivity index (χ1n) is 7.73. The highest BCUT2D eigenvalue weighted by Gasteiger charge is 2.25. The fourth-order valence-electron chi connectivity index (χ4n) is 2.67. The molecule has 0 radical (unpaired) electrons. The average Bonchev–Trinajstić information content (AvgIpc) is 2.93. The fourth-order valence-corrected chi connectivity index (χ4v) is 3.08. The Morgan fingerprint density at radius 1 is 1.12 bits per heavy atom. The van der Waals surface area contributed by atoms with E-state index in [1.54, 1.807) is 54.0 Å². The Labute approximate surface area is 150 Å². The molecule has 5 nitrogen and oxygen atoms in total. The lowest BCUT2D eigenvalue weighted by atomic mass is 10.1. The third kappa shape index (κ3) is 3.58. The molecule has 1 heterocycles. The van der Waals surface area contributed by atoms with Crippen molar-refractivity contribution in [3.05, 3.63) is 59.2 Å². The van der Waals surface area contributed by atoms with E-state index >= 15 is 0 Å². The van der Waals surface area contributed by atoms with Gasteiger partial charge in [0.15, 0.2) is 12.4 Å². The topological polar surface area (TPSA) is 63.7 Å². The van der Waals surface area contributed by atoms with E-state index in [4.69, 9.17) is 4.74 Å². The van der Waals surface area contributed by atoms with Gasteiger partial charge in [0, 0.05) is 23.2 Å². The zero-order valence-corrected chi connectivity index (χ0v) is 14.8. The third-order valence-electron chi connectivity index (χ3n) is 4.14. The van der Waals surface area contributed by atoms with Crippen LogP contribution in [0.2, 0.25) is 0 Å². The van der Waals surface area contributed by atoms with Crippen molar-refractivity contribution in [2.24, 2.45) is 0 Å². The number of fused-ring (bicyclic) bond motifs is 1. The monoisotopic (exact) mass is 355 g/mol.